The molecule has 4 nitrogen and oxygen atoms in total. The molecular formula is C7H14O4. The number of carbonyl (C=O) groups is 1. The first-order valence-electron chi connectivity index (χ1n) is 4.10. The Kier molecular flexibility index (Phi) is 2.14. The van der Waals surface area contributed by atoms with E-state index in [9.17, 15) is 4.79 Å². The standard InChI is InChI=1S/C7H10O3.H2O.H2/c1-5-4-6(8)10-7(2,3)9-5;;/h4H,1-3H3;1H2;1H/i;;1+2D. The molecule has 0 aromatic rings. The monoisotopic (exact) mass is 165 g/mol. The van der Waals surface area contributed by atoms with Crippen molar-refractivity contribution >= 4 is 5.97 Å². The summed E-state index contributed by atoms with van der Waals surface area (Å²) < 4.78 is 20.0. The lowest BCUT2D eigenvalue weighted by Crippen LogP contribution is -2.33. The van der Waals surface area contributed by atoms with Crippen LogP contribution in [0.15, 0.2) is 11.8 Å². The van der Waals surface area contributed by atoms with E-state index in [2.05, 4.69) is 0 Å². The zero-order valence-corrected chi connectivity index (χ0v) is 6.80. The number of allylic oxidation sites excluding steroid dienone is 1. The van der Waals surface area contributed by atoms with Crippen LogP contribution in [0.4, 0.5) is 0 Å². The van der Waals surface area contributed by atoms with Crippen molar-refractivity contribution in [2.45, 2.75) is 26.6 Å². The van der Waals surface area contributed by atoms with Crippen LogP contribution in [-0.4, -0.2) is 17.2 Å². The van der Waals surface area contributed by atoms with Gasteiger partial charge < -0.3 is 14.9 Å². The summed E-state index contributed by atoms with van der Waals surface area (Å²) in [4.78, 5) is 10.7. The summed E-state index contributed by atoms with van der Waals surface area (Å²) in [7, 11) is 0. The van der Waals surface area contributed by atoms with Gasteiger partial charge in [-0.1, -0.05) is 0 Å². The Bertz CT molecular complexity index is 201. The van der Waals surface area contributed by atoms with E-state index in [0.717, 1.165) is 0 Å². The average molecular weight is 165 g/mol. The van der Waals surface area contributed by atoms with Gasteiger partial charge in [-0.25, -0.2) is 4.79 Å². The van der Waals surface area contributed by atoms with Crippen LogP contribution in [0.1, 0.15) is 23.7 Å². The highest BCUT2D eigenvalue weighted by molar-refractivity contribution is 5.83. The molecular weight excluding hydrogens is 148 g/mol. The zero-order valence-electron chi connectivity index (χ0n) is 8.80. The Labute approximate surface area is 68.2 Å². The van der Waals surface area contributed by atoms with Crippen molar-refractivity contribution < 1.29 is 22.7 Å². The van der Waals surface area contributed by atoms with Crippen molar-refractivity contribution in [3.05, 3.63) is 11.8 Å². The third-order valence-electron chi connectivity index (χ3n) is 1.07. The Morgan fingerprint density at radius 1 is 1.64 bits per heavy atom. The summed E-state index contributed by atoms with van der Waals surface area (Å²) in [6, 6.07) is 0. The molecule has 0 unspecified atom stereocenters. The second-order valence-corrected chi connectivity index (χ2v) is 2.68. The Morgan fingerprint density at radius 3 is 2.55 bits per heavy atom. The van der Waals surface area contributed by atoms with Gasteiger partial charge in [-0.2, -0.15) is 0 Å². The van der Waals surface area contributed by atoms with E-state index in [4.69, 9.17) is 12.4 Å². The molecule has 2 N–H and O–H groups in total. The molecule has 0 fully saturated rings. The number of hydrogen-bond acceptors (Lipinski definition) is 3. The van der Waals surface area contributed by atoms with Crippen LogP contribution in [0, 0.1) is 0 Å². The molecule has 0 atom stereocenters. The van der Waals surface area contributed by atoms with E-state index in [-0.39, 0.29) is 11.4 Å². The molecule has 1 aliphatic heterocycles. The van der Waals surface area contributed by atoms with Crippen LogP contribution in [0.2, 0.25) is 0 Å². The van der Waals surface area contributed by atoms with Crippen molar-refractivity contribution in [1.29, 1.82) is 0 Å². The van der Waals surface area contributed by atoms with E-state index in [0.29, 0.717) is 5.76 Å². The summed E-state index contributed by atoms with van der Waals surface area (Å²) in [6.07, 6.45) is 1.32. The van der Waals surface area contributed by atoms with Gasteiger partial charge in [0, 0.05) is 16.8 Å². The maximum Gasteiger partial charge on any atom is 0.337 e. The van der Waals surface area contributed by atoms with E-state index in [1.54, 1.807) is 20.8 Å². The van der Waals surface area contributed by atoms with E-state index >= 15 is 0 Å². The third kappa shape index (κ3) is 2.59. The number of hydrogen-bond donors (Lipinski definition) is 0. The Morgan fingerprint density at radius 2 is 2.18 bits per heavy atom. The van der Waals surface area contributed by atoms with Gasteiger partial charge in [0.05, 0.1) is 6.08 Å². The van der Waals surface area contributed by atoms with Crippen LogP contribution in [0.3, 0.4) is 0 Å². The van der Waals surface area contributed by atoms with Crippen molar-refractivity contribution in [3.63, 3.8) is 0 Å². The van der Waals surface area contributed by atoms with Gasteiger partial charge in [-0.05, 0) is 6.92 Å². The molecule has 1 rings (SSSR count). The van der Waals surface area contributed by atoms with E-state index in [1.165, 1.54) is 6.08 Å². The lowest BCUT2D eigenvalue weighted by atomic mass is 10.3. The molecule has 0 radical (unpaired) electrons. The van der Waals surface area contributed by atoms with E-state index < -0.39 is 5.79 Å². The largest absolute Gasteiger partial charge is 0.457 e. The van der Waals surface area contributed by atoms with Crippen molar-refractivity contribution in [2.24, 2.45) is 0 Å². The fraction of sp³-hybridized carbons (Fsp3) is 0.571. The second-order valence-electron chi connectivity index (χ2n) is 2.68. The molecule has 4 heteroatoms. The first kappa shape index (κ1) is 8.07. The number of ether oxygens (including phenoxy) is 2. The summed E-state index contributed by atoms with van der Waals surface area (Å²) in [5.74, 6) is -0.536. The molecule has 0 bridgehead atoms. The molecule has 11 heavy (non-hydrogen) atoms. The van der Waals surface area contributed by atoms with Gasteiger partial charge in [0.15, 0.2) is 0 Å². The highest BCUT2D eigenvalue weighted by Gasteiger charge is 2.27. The smallest absolute Gasteiger partial charge is 0.337 e. The SMILES string of the molecule is CC1=CC(=O)OC(C)(C)O1.O.[2H][3H]. The molecule has 0 saturated carbocycles. The summed E-state index contributed by atoms with van der Waals surface area (Å²) in [6.45, 7) is 5.12. The highest BCUT2D eigenvalue weighted by Crippen LogP contribution is 2.20. The van der Waals surface area contributed by atoms with E-state index in [1.807, 2.05) is 0 Å². The van der Waals surface area contributed by atoms with Crippen LogP contribution in [0.25, 0.3) is 0 Å². The predicted molar refractivity (Wildman–Crippen MR) is 40.7 cm³/mol. The third-order valence-corrected chi connectivity index (χ3v) is 1.07. The number of rotatable bonds is 0. The minimum Gasteiger partial charge on any atom is -0.457 e. The minimum atomic E-state index is -0.796. The molecule has 0 saturated heterocycles. The molecule has 66 valence electrons. The van der Waals surface area contributed by atoms with Gasteiger partial charge in [0.2, 0.25) is 5.79 Å². The topological polar surface area (TPSA) is 67.0 Å². The van der Waals surface area contributed by atoms with Gasteiger partial charge in [-0.15, -0.1) is 0 Å². The minimum absolute atomic E-state index is 0. The first-order chi connectivity index (χ1) is 5.49. The molecule has 1 aliphatic rings. The maximum absolute atomic E-state index is 10.7. The fourth-order valence-electron chi connectivity index (χ4n) is 0.876. The summed E-state index contributed by atoms with van der Waals surface area (Å²) >= 11 is 0. The molecule has 0 aromatic carbocycles. The molecule has 0 amide bonds. The number of carbonyl (C=O) groups excluding carboxylic acids is 1. The average Bonchev–Trinajstić information content (AvgIpc) is 1.85. The molecule has 1 heterocycles. The Hall–Kier alpha value is -1.03. The maximum atomic E-state index is 10.7. The van der Waals surface area contributed by atoms with Gasteiger partial charge in [0.25, 0.3) is 0 Å². The van der Waals surface area contributed by atoms with Crippen molar-refractivity contribution in [2.75, 3.05) is 0 Å². The molecule has 0 spiro atoms. The second kappa shape index (κ2) is 2.92. The van der Waals surface area contributed by atoms with Crippen molar-refractivity contribution in [3.8, 4) is 0 Å². The van der Waals surface area contributed by atoms with Crippen LogP contribution >= 0.6 is 0 Å². The van der Waals surface area contributed by atoms with Crippen LogP contribution in [0.5, 0.6) is 0 Å². The molecule has 0 aliphatic carbocycles. The van der Waals surface area contributed by atoms with Crippen LogP contribution < -0.4 is 0 Å². The summed E-state index contributed by atoms with van der Waals surface area (Å²) in [5.41, 5.74) is 0. The quantitative estimate of drug-likeness (QED) is 0.494. The molecule has 0 aromatic heterocycles. The predicted octanol–water partition coefficient (Wildman–Crippen LogP) is 0.621. The highest BCUT2D eigenvalue weighted by atomic mass is 16.7. The van der Waals surface area contributed by atoms with Gasteiger partial charge >= 0.3 is 5.97 Å². The van der Waals surface area contributed by atoms with Gasteiger partial charge in [-0.3, -0.25) is 0 Å². The lowest BCUT2D eigenvalue weighted by molar-refractivity contribution is -0.204. The lowest BCUT2D eigenvalue weighted by Gasteiger charge is -2.29. The number of esters is 1. The fourth-order valence-corrected chi connectivity index (χ4v) is 0.876. The normalized spacial score (nSPS) is 21.4. The van der Waals surface area contributed by atoms with Crippen LogP contribution in [-0.2, 0) is 14.3 Å². The van der Waals surface area contributed by atoms with Crippen molar-refractivity contribution in [1.82, 2.24) is 0 Å². The summed E-state index contributed by atoms with van der Waals surface area (Å²) in [5, 5.41) is 0. The number of cyclic esters (lactones) is 1. The van der Waals surface area contributed by atoms with Gasteiger partial charge in [0.1, 0.15) is 5.76 Å². The zero-order chi connectivity index (χ0) is 9.78. The first-order valence-corrected chi connectivity index (χ1v) is 3.10. The Balaban J connectivity index is 0.